The quantitative estimate of drug-likeness (QED) is 0.533. The molecular weight excluding hydrogens is 498 g/mol. The van der Waals surface area contributed by atoms with Crippen LogP contribution in [0.1, 0.15) is 46.4 Å². The Balaban J connectivity index is 1.31. The van der Waals surface area contributed by atoms with E-state index in [1.165, 1.54) is 0 Å². The number of urea groups is 1. The number of rotatable bonds is 5. The second-order valence-corrected chi connectivity index (χ2v) is 10.4. The summed E-state index contributed by atoms with van der Waals surface area (Å²) in [5, 5.41) is 6.14. The van der Waals surface area contributed by atoms with Crippen molar-refractivity contribution in [3.63, 3.8) is 0 Å². The zero-order chi connectivity index (χ0) is 27.2. The highest BCUT2D eigenvalue weighted by atomic mass is 16.5. The van der Waals surface area contributed by atoms with Gasteiger partial charge in [-0.05, 0) is 56.0 Å². The largest absolute Gasteiger partial charge is 0.378 e. The summed E-state index contributed by atoms with van der Waals surface area (Å²) in [6, 6.07) is 9.06. The van der Waals surface area contributed by atoms with Crippen molar-refractivity contribution in [3.05, 3.63) is 53.9 Å². The van der Waals surface area contributed by atoms with Gasteiger partial charge in [0.1, 0.15) is 0 Å². The highest BCUT2D eigenvalue weighted by Crippen LogP contribution is 2.29. The number of morpholine rings is 1. The molecule has 0 radical (unpaired) electrons. The Morgan fingerprint density at radius 1 is 0.821 bits per heavy atom. The molecule has 1 aliphatic carbocycles. The Morgan fingerprint density at radius 2 is 1.49 bits per heavy atom. The monoisotopic (exact) mass is 535 g/mol. The summed E-state index contributed by atoms with van der Waals surface area (Å²) in [6.07, 6.45) is 6.67. The van der Waals surface area contributed by atoms with Gasteiger partial charge in [0.05, 0.1) is 24.6 Å². The maximum atomic E-state index is 13.1. The third-order valence-corrected chi connectivity index (χ3v) is 7.73. The van der Waals surface area contributed by atoms with Crippen molar-refractivity contribution >= 4 is 29.2 Å². The Labute approximate surface area is 228 Å². The molecule has 1 aromatic carbocycles. The number of carbonyl (C=O) groups is 3. The van der Waals surface area contributed by atoms with Crippen LogP contribution in [-0.2, 0) is 4.74 Å². The number of carbonyl (C=O) groups excluding carboxylic acids is 3. The summed E-state index contributed by atoms with van der Waals surface area (Å²) in [5.74, 6) is -0.444. The molecule has 3 heterocycles. The van der Waals surface area contributed by atoms with Crippen LogP contribution in [0, 0.1) is 0 Å². The van der Waals surface area contributed by atoms with Gasteiger partial charge in [-0.15, -0.1) is 0 Å². The average molecular weight is 536 g/mol. The van der Waals surface area contributed by atoms with Crippen LogP contribution in [0.25, 0.3) is 0 Å². The van der Waals surface area contributed by atoms with Crippen molar-refractivity contribution in [1.82, 2.24) is 20.1 Å². The average Bonchev–Trinajstić information content (AvgIpc) is 2.99. The van der Waals surface area contributed by atoms with Gasteiger partial charge in [-0.2, -0.15) is 0 Å². The van der Waals surface area contributed by atoms with Crippen LogP contribution >= 0.6 is 0 Å². The van der Waals surface area contributed by atoms with Crippen LogP contribution in [0.4, 0.5) is 16.2 Å². The molecule has 4 N–H and O–H groups in total. The van der Waals surface area contributed by atoms with Crippen LogP contribution in [0.3, 0.4) is 0 Å². The van der Waals surface area contributed by atoms with Crippen LogP contribution in [-0.4, -0.2) is 97.2 Å². The number of aromatic nitrogens is 1. The minimum atomic E-state index is -0.279. The number of anilines is 2. The molecule has 5 rings (SSSR count). The third-order valence-electron chi connectivity index (χ3n) is 7.73. The first kappa shape index (κ1) is 26.9. The first-order valence-electron chi connectivity index (χ1n) is 13.8. The van der Waals surface area contributed by atoms with E-state index >= 15 is 0 Å². The topological polar surface area (TPSA) is 133 Å². The molecule has 3 aliphatic rings. The van der Waals surface area contributed by atoms with Crippen molar-refractivity contribution in [2.75, 3.05) is 62.7 Å². The Morgan fingerprint density at radius 3 is 2.18 bits per heavy atom. The molecule has 3 fully saturated rings. The van der Waals surface area contributed by atoms with E-state index in [0.29, 0.717) is 69.3 Å². The predicted octanol–water partition coefficient (Wildman–Crippen LogP) is 1.91. The molecule has 2 aliphatic heterocycles. The SMILES string of the molecule is NC1CCC(NC(=O)c2ccc(N3CCN(C(=O)N4CCOCC4)CC3)c(NC(=O)c3ccncc3)c2)CC1. The standard InChI is InChI=1S/C28H37N7O4/c29-22-2-4-23(5-3-22)31-27(37)21-1-6-25(24(19-21)32-26(36)20-7-9-30-10-8-20)33-11-13-34(14-12-33)28(38)35-15-17-39-18-16-35/h1,6-10,19,22-23H,2-5,11-18,29H2,(H,31,37)(H,32,36). The lowest BCUT2D eigenvalue weighted by Crippen LogP contribution is -2.54. The van der Waals surface area contributed by atoms with E-state index in [1.54, 1.807) is 36.7 Å². The zero-order valence-corrected chi connectivity index (χ0v) is 22.2. The van der Waals surface area contributed by atoms with E-state index in [-0.39, 0.29) is 29.9 Å². The molecule has 0 spiro atoms. The van der Waals surface area contributed by atoms with Gasteiger partial charge in [0.15, 0.2) is 0 Å². The van der Waals surface area contributed by atoms with Gasteiger partial charge < -0.3 is 35.8 Å². The van der Waals surface area contributed by atoms with E-state index in [0.717, 1.165) is 31.4 Å². The van der Waals surface area contributed by atoms with Crippen molar-refractivity contribution < 1.29 is 19.1 Å². The van der Waals surface area contributed by atoms with Gasteiger partial charge in [-0.25, -0.2) is 4.79 Å². The maximum absolute atomic E-state index is 13.1. The molecule has 0 unspecified atom stereocenters. The van der Waals surface area contributed by atoms with Crippen LogP contribution in [0.5, 0.6) is 0 Å². The minimum absolute atomic E-state index is 0.0415. The fourth-order valence-electron chi connectivity index (χ4n) is 5.38. The lowest BCUT2D eigenvalue weighted by molar-refractivity contribution is 0.0428. The smallest absolute Gasteiger partial charge is 0.320 e. The molecule has 1 saturated carbocycles. The number of benzene rings is 1. The zero-order valence-electron chi connectivity index (χ0n) is 22.2. The highest BCUT2D eigenvalue weighted by Gasteiger charge is 2.28. The van der Waals surface area contributed by atoms with Gasteiger partial charge in [0.2, 0.25) is 0 Å². The van der Waals surface area contributed by atoms with E-state index in [1.807, 2.05) is 15.9 Å². The molecule has 0 bridgehead atoms. The normalized spacial score (nSPS) is 21.8. The molecular formula is C28H37N7O4. The summed E-state index contributed by atoms with van der Waals surface area (Å²) >= 11 is 0. The fourth-order valence-corrected chi connectivity index (χ4v) is 5.38. The van der Waals surface area contributed by atoms with E-state index in [2.05, 4.69) is 20.5 Å². The van der Waals surface area contributed by atoms with Gasteiger partial charge >= 0.3 is 6.03 Å². The van der Waals surface area contributed by atoms with Gasteiger partial charge in [0.25, 0.3) is 11.8 Å². The van der Waals surface area contributed by atoms with Crippen LogP contribution in [0.2, 0.25) is 0 Å². The first-order valence-corrected chi connectivity index (χ1v) is 13.8. The van der Waals surface area contributed by atoms with Crippen LogP contribution in [0.15, 0.2) is 42.7 Å². The number of nitrogens with one attached hydrogen (secondary N) is 2. The summed E-state index contributed by atoms with van der Waals surface area (Å²) in [7, 11) is 0. The number of nitrogens with zero attached hydrogens (tertiary/aromatic N) is 4. The number of hydrogen-bond acceptors (Lipinski definition) is 7. The van der Waals surface area contributed by atoms with E-state index < -0.39 is 0 Å². The maximum Gasteiger partial charge on any atom is 0.320 e. The van der Waals surface area contributed by atoms with Crippen LogP contribution < -0.4 is 21.3 Å². The number of pyridine rings is 1. The molecule has 4 amide bonds. The Kier molecular flexibility index (Phi) is 8.58. The lowest BCUT2D eigenvalue weighted by Gasteiger charge is -2.39. The molecule has 2 aromatic rings. The fraction of sp³-hybridized carbons (Fsp3) is 0.500. The third kappa shape index (κ3) is 6.66. The molecule has 11 nitrogen and oxygen atoms in total. The minimum Gasteiger partial charge on any atom is -0.378 e. The second-order valence-electron chi connectivity index (χ2n) is 10.4. The van der Waals surface area contributed by atoms with Gasteiger partial charge in [-0.3, -0.25) is 14.6 Å². The molecule has 0 atom stereocenters. The van der Waals surface area contributed by atoms with Crippen molar-refractivity contribution in [1.29, 1.82) is 0 Å². The lowest BCUT2D eigenvalue weighted by atomic mass is 9.91. The number of hydrogen-bond donors (Lipinski definition) is 3. The summed E-state index contributed by atoms with van der Waals surface area (Å²) in [4.78, 5) is 49.0. The highest BCUT2D eigenvalue weighted by molar-refractivity contribution is 6.07. The van der Waals surface area contributed by atoms with Gasteiger partial charge in [0, 0.05) is 74.9 Å². The number of piperazine rings is 1. The van der Waals surface area contributed by atoms with Crippen molar-refractivity contribution in [2.24, 2.45) is 5.73 Å². The first-order chi connectivity index (χ1) is 19.0. The molecule has 39 heavy (non-hydrogen) atoms. The number of amides is 4. The summed E-state index contributed by atoms with van der Waals surface area (Å²) < 4.78 is 5.37. The summed E-state index contributed by atoms with van der Waals surface area (Å²) in [5.41, 5.74) is 8.35. The Bertz CT molecular complexity index is 1160. The van der Waals surface area contributed by atoms with Gasteiger partial charge in [-0.1, -0.05) is 0 Å². The molecule has 2 saturated heterocycles. The molecule has 1 aromatic heterocycles. The Hall–Kier alpha value is -3.70. The predicted molar refractivity (Wildman–Crippen MR) is 148 cm³/mol. The number of nitrogens with two attached hydrogens (primary N) is 1. The van der Waals surface area contributed by atoms with E-state index in [4.69, 9.17) is 10.5 Å². The van der Waals surface area contributed by atoms with Crippen molar-refractivity contribution in [2.45, 2.75) is 37.8 Å². The number of ether oxygens (including phenoxy) is 1. The second kappa shape index (κ2) is 12.4. The summed E-state index contributed by atoms with van der Waals surface area (Å²) in [6.45, 7) is 4.73. The van der Waals surface area contributed by atoms with Crippen molar-refractivity contribution in [3.8, 4) is 0 Å². The van der Waals surface area contributed by atoms with E-state index in [9.17, 15) is 14.4 Å². The molecule has 11 heteroatoms. The molecule has 208 valence electrons.